The minimum absolute atomic E-state index is 0.773. The van der Waals surface area contributed by atoms with Gasteiger partial charge in [0.1, 0.15) is 5.75 Å². The molecule has 1 aliphatic rings. The molecular formula is C20H26N2O3S. The van der Waals surface area contributed by atoms with Gasteiger partial charge in [-0.25, -0.2) is 0 Å². The average Bonchev–Trinajstić information content (AvgIpc) is 2.69. The second-order valence-corrected chi connectivity index (χ2v) is 6.70. The van der Waals surface area contributed by atoms with Gasteiger partial charge in [0.25, 0.3) is 0 Å². The van der Waals surface area contributed by atoms with Gasteiger partial charge in [0.15, 0.2) is 11.5 Å². The van der Waals surface area contributed by atoms with E-state index in [4.69, 9.17) is 13.7 Å². The van der Waals surface area contributed by atoms with Crippen LogP contribution in [0, 0.1) is 0 Å². The number of benzene rings is 2. The second-order valence-electron chi connectivity index (χ2n) is 6.20. The van der Waals surface area contributed by atoms with Crippen LogP contribution in [0.4, 0.5) is 5.69 Å². The van der Waals surface area contributed by atoms with Crippen molar-refractivity contribution in [3.63, 3.8) is 0 Å². The fourth-order valence-electron chi connectivity index (χ4n) is 3.21. The van der Waals surface area contributed by atoms with E-state index in [0.717, 1.165) is 50.0 Å². The third-order valence-electron chi connectivity index (χ3n) is 4.61. The van der Waals surface area contributed by atoms with Crippen LogP contribution in [0.3, 0.4) is 0 Å². The van der Waals surface area contributed by atoms with Crippen molar-refractivity contribution < 1.29 is 13.7 Å². The average molecular weight is 375 g/mol. The lowest BCUT2D eigenvalue weighted by molar-refractivity contribution is 0.249. The van der Waals surface area contributed by atoms with Crippen molar-refractivity contribution in [2.75, 3.05) is 51.6 Å². The van der Waals surface area contributed by atoms with Crippen LogP contribution in [0.5, 0.6) is 17.2 Å². The highest BCUT2D eigenvalue weighted by atomic mass is 32.2. The fraction of sp³-hybridized carbons (Fsp3) is 0.400. The maximum atomic E-state index is 5.44. The molecule has 0 N–H and O–H groups in total. The number of nitrogens with zero attached hydrogens (tertiary/aromatic N) is 2. The lowest BCUT2D eigenvalue weighted by atomic mass is 10.1. The number of hydrogen-bond donors (Lipinski definition) is 0. The molecule has 1 fully saturated rings. The van der Waals surface area contributed by atoms with Gasteiger partial charge in [0.2, 0.25) is 0 Å². The molecule has 2 aromatic rings. The summed E-state index contributed by atoms with van der Waals surface area (Å²) < 4.78 is 16.2. The molecule has 140 valence electrons. The van der Waals surface area contributed by atoms with Crippen LogP contribution in [0.25, 0.3) is 0 Å². The topological polar surface area (TPSA) is 34.2 Å². The van der Waals surface area contributed by atoms with Gasteiger partial charge < -0.3 is 18.6 Å². The number of piperazine rings is 1. The van der Waals surface area contributed by atoms with Crippen LogP contribution in [-0.4, -0.2) is 51.6 Å². The van der Waals surface area contributed by atoms with Crippen molar-refractivity contribution in [3.05, 3.63) is 48.0 Å². The Morgan fingerprint density at radius 1 is 0.885 bits per heavy atom. The van der Waals surface area contributed by atoms with Crippen LogP contribution in [0.2, 0.25) is 0 Å². The zero-order valence-corrected chi connectivity index (χ0v) is 16.4. The molecule has 0 unspecified atom stereocenters. The highest BCUT2D eigenvalue weighted by Gasteiger charge is 2.18. The maximum absolute atomic E-state index is 5.44. The number of methoxy groups -OCH3 is 2. The van der Waals surface area contributed by atoms with Gasteiger partial charge in [-0.15, -0.1) is 0 Å². The van der Waals surface area contributed by atoms with Gasteiger partial charge in [-0.1, -0.05) is 6.07 Å². The summed E-state index contributed by atoms with van der Waals surface area (Å²) in [5, 5.41) is 0. The van der Waals surface area contributed by atoms with Crippen molar-refractivity contribution in [1.82, 2.24) is 4.90 Å². The van der Waals surface area contributed by atoms with E-state index in [2.05, 4.69) is 34.1 Å². The predicted octanol–water partition coefficient (Wildman–Crippen LogP) is 3.68. The molecule has 3 rings (SSSR count). The molecule has 5 nitrogen and oxygen atoms in total. The van der Waals surface area contributed by atoms with Crippen LogP contribution in [0.15, 0.2) is 42.5 Å². The lowest BCUT2D eigenvalue weighted by Gasteiger charge is -2.36. The smallest absolute Gasteiger partial charge is 0.161 e. The van der Waals surface area contributed by atoms with Crippen molar-refractivity contribution in [2.45, 2.75) is 6.54 Å². The predicted molar refractivity (Wildman–Crippen MR) is 108 cm³/mol. The van der Waals surface area contributed by atoms with Gasteiger partial charge in [-0.05, 0) is 42.0 Å². The Morgan fingerprint density at radius 2 is 1.58 bits per heavy atom. The van der Waals surface area contributed by atoms with Crippen molar-refractivity contribution in [3.8, 4) is 17.2 Å². The first-order chi connectivity index (χ1) is 12.7. The van der Waals surface area contributed by atoms with E-state index >= 15 is 0 Å². The van der Waals surface area contributed by atoms with E-state index in [-0.39, 0.29) is 0 Å². The molecule has 0 radical (unpaired) electrons. The minimum atomic E-state index is 0.773. The molecule has 0 aromatic heterocycles. The third-order valence-corrected chi connectivity index (χ3v) is 4.97. The van der Waals surface area contributed by atoms with Crippen molar-refractivity contribution in [1.29, 1.82) is 0 Å². The summed E-state index contributed by atoms with van der Waals surface area (Å²) in [7, 11) is 3.34. The Labute approximate surface area is 160 Å². The van der Waals surface area contributed by atoms with Gasteiger partial charge in [0, 0.05) is 44.7 Å². The number of rotatable bonds is 7. The zero-order valence-electron chi connectivity index (χ0n) is 15.6. The van der Waals surface area contributed by atoms with Crippen LogP contribution >= 0.6 is 12.0 Å². The molecule has 0 spiro atoms. The molecule has 0 bridgehead atoms. The molecule has 0 saturated carbocycles. The first-order valence-electron chi connectivity index (χ1n) is 8.72. The molecule has 26 heavy (non-hydrogen) atoms. The zero-order chi connectivity index (χ0) is 18.4. The van der Waals surface area contributed by atoms with E-state index in [9.17, 15) is 0 Å². The summed E-state index contributed by atoms with van der Waals surface area (Å²) in [5.41, 5.74) is 2.50. The minimum Gasteiger partial charge on any atom is -0.493 e. The van der Waals surface area contributed by atoms with E-state index in [0.29, 0.717) is 0 Å². The molecule has 0 amide bonds. The van der Waals surface area contributed by atoms with Crippen LogP contribution in [-0.2, 0) is 6.54 Å². The fourth-order valence-corrected chi connectivity index (χ4v) is 3.51. The van der Waals surface area contributed by atoms with Gasteiger partial charge in [0.05, 0.1) is 26.3 Å². The van der Waals surface area contributed by atoms with Gasteiger partial charge >= 0.3 is 0 Å². The normalized spacial score (nSPS) is 15.0. The Bertz CT molecular complexity index is 701. The van der Waals surface area contributed by atoms with Crippen LogP contribution in [0.1, 0.15) is 5.56 Å². The second kappa shape index (κ2) is 9.05. The first kappa shape index (κ1) is 18.7. The Hall–Kier alpha value is -2.05. The Balaban J connectivity index is 1.55. The quantitative estimate of drug-likeness (QED) is 0.688. The summed E-state index contributed by atoms with van der Waals surface area (Å²) in [4.78, 5) is 4.90. The summed E-state index contributed by atoms with van der Waals surface area (Å²) in [6.07, 6.45) is 1.92. The summed E-state index contributed by atoms with van der Waals surface area (Å²) in [5.74, 6) is 2.46. The molecule has 1 saturated heterocycles. The monoisotopic (exact) mass is 374 g/mol. The highest BCUT2D eigenvalue weighted by molar-refractivity contribution is 7.94. The molecular weight excluding hydrogens is 348 g/mol. The summed E-state index contributed by atoms with van der Waals surface area (Å²) in [6.45, 7) is 5.05. The van der Waals surface area contributed by atoms with Gasteiger partial charge in [-0.2, -0.15) is 0 Å². The maximum Gasteiger partial charge on any atom is 0.161 e. The summed E-state index contributed by atoms with van der Waals surface area (Å²) in [6, 6.07) is 14.5. The molecule has 1 heterocycles. The third kappa shape index (κ3) is 4.56. The molecule has 2 aromatic carbocycles. The molecule has 6 heteroatoms. The largest absolute Gasteiger partial charge is 0.493 e. The number of anilines is 1. The first-order valence-corrected chi connectivity index (χ1v) is 9.87. The SMILES string of the molecule is COc1ccc(CN2CCN(c3ccc(OSC)cc3)CC2)cc1OC. The Morgan fingerprint density at radius 3 is 2.19 bits per heavy atom. The van der Waals surface area contributed by atoms with Crippen LogP contribution < -0.4 is 18.6 Å². The molecule has 1 aliphatic heterocycles. The van der Waals surface area contributed by atoms with Crippen molar-refractivity contribution >= 4 is 17.7 Å². The van der Waals surface area contributed by atoms with E-state index in [1.807, 2.05) is 24.5 Å². The van der Waals surface area contributed by atoms with Crippen molar-refractivity contribution in [2.24, 2.45) is 0 Å². The molecule has 0 atom stereocenters. The van der Waals surface area contributed by atoms with Gasteiger partial charge in [-0.3, -0.25) is 4.90 Å². The van der Waals surface area contributed by atoms with E-state index in [1.165, 1.54) is 23.3 Å². The van der Waals surface area contributed by atoms with E-state index < -0.39 is 0 Å². The molecule has 0 aliphatic carbocycles. The van der Waals surface area contributed by atoms with E-state index in [1.54, 1.807) is 14.2 Å². The lowest BCUT2D eigenvalue weighted by Crippen LogP contribution is -2.45. The standard InChI is InChI=1S/C20H26N2O3S/c1-23-19-9-4-16(14-20(19)24-2)15-21-10-12-22(13-11-21)17-5-7-18(8-6-17)25-26-3/h4-9,14H,10-13,15H2,1-3H3. The summed E-state index contributed by atoms with van der Waals surface area (Å²) >= 11 is 1.37. The number of ether oxygens (including phenoxy) is 2. The Kier molecular flexibility index (Phi) is 6.52. The highest BCUT2D eigenvalue weighted by Crippen LogP contribution is 2.28. The number of hydrogen-bond acceptors (Lipinski definition) is 6.